The van der Waals surface area contributed by atoms with Crippen molar-refractivity contribution >= 4 is 5.91 Å². The molecule has 1 amide bonds. The molecule has 1 aliphatic rings. The number of likely N-dealkylation sites (tertiary alicyclic amines) is 1. The lowest BCUT2D eigenvalue weighted by Crippen LogP contribution is -2.38. The van der Waals surface area contributed by atoms with E-state index in [4.69, 9.17) is 0 Å². The van der Waals surface area contributed by atoms with E-state index in [1.165, 1.54) is 12.1 Å². The van der Waals surface area contributed by atoms with Crippen LogP contribution in [0.1, 0.15) is 37.9 Å². The standard InChI is InChI=1S/C14H23N3O/c1-12(15-2)13-7-6-10-17(13)11-14(18)16-8-4-3-5-9-16/h6-7,10,12,15H,3-5,8-9,11H2,1-2H3. The topological polar surface area (TPSA) is 37.3 Å². The van der Waals surface area contributed by atoms with E-state index >= 15 is 0 Å². The van der Waals surface area contributed by atoms with Crippen LogP contribution < -0.4 is 5.32 Å². The average molecular weight is 249 g/mol. The summed E-state index contributed by atoms with van der Waals surface area (Å²) >= 11 is 0. The molecular formula is C14H23N3O. The summed E-state index contributed by atoms with van der Waals surface area (Å²) in [4.78, 5) is 14.2. The Morgan fingerprint density at radius 1 is 1.39 bits per heavy atom. The highest BCUT2D eigenvalue weighted by molar-refractivity contribution is 5.76. The zero-order valence-corrected chi connectivity index (χ0v) is 11.4. The van der Waals surface area contributed by atoms with Crippen molar-refractivity contribution in [3.05, 3.63) is 24.0 Å². The second-order valence-electron chi connectivity index (χ2n) is 5.01. The van der Waals surface area contributed by atoms with Crippen molar-refractivity contribution in [1.29, 1.82) is 0 Å². The van der Waals surface area contributed by atoms with Gasteiger partial charge < -0.3 is 14.8 Å². The molecule has 0 aromatic carbocycles. The third-order valence-corrected chi connectivity index (χ3v) is 3.76. The molecule has 1 aliphatic heterocycles. The molecule has 2 heterocycles. The molecular weight excluding hydrogens is 226 g/mol. The largest absolute Gasteiger partial charge is 0.341 e. The number of hydrogen-bond donors (Lipinski definition) is 1. The summed E-state index contributed by atoms with van der Waals surface area (Å²) in [6, 6.07) is 4.35. The average Bonchev–Trinajstić information content (AvgIpc) is 2.87. The van der Waals surface area contributed by atoms with Gasteiger partial charge in [-0.15, -0.1) is 0 Å². The SMILES string of the molecule is CNC(C)c1cccn1CC(=O)N1CCCCC1. The molecule has 1 saturated heterocycles. The van der Waals surface area contributed by atoms with E-state index in [1.807, 2.05) is 24.2 Å². The van der Waals surface area contributed by atoms with Gasteiger partial charge in [0.05, 0.1) is 0 Å². The highest BCUT2D eigenvalue weighted by atomic mass is 16.2. The molecule has 1 unspecified atom stereocenters. The summed E-state index contributed by atoms with van der Waals surface area (Å²) < 4.78 is 2.05. The Hall–Kier alpha value is -1.29. The van der Waals surface area contributed by atoms with Crippen molar-refractivity contribution in [2.75, 3.05) is 20.1 Å². The Kier molecular flexibility index (Phi) is 4.42. The Balaban J connectivity index is 2.00. The van der Waals surface area contributed by atoms with E-state index in [2.05, 4.69) is 22.9 Å². The number of nitrogens with zero attached hydrogens (tertiary/aromatic N) is 2. The van der Waals surface area contributed by atoms with Crippen LogP contribution in [0.5, 0.6) is 0 Å². The van der Waals surface area contributed by atoms with Crippen LogP contribution in [0, 0.1) is 0 Å². The summed E-state index contributed by atoms with van der Waals surface area (Å²) in [5, 5.41) is 3.21. The maximum atomic E-state index is 12.2. The van der Waals surface area contributed by atoms with Crippen molar-refractivity contribution in [2.24, 2.45) is 0 Å². The van der Waals surface area contributed by atoms with Crippen LogP contribution in [0.4, 0.5) is 0 Å². The fourth-order valence-electron chi connectivity index (χ4n) is 2.50. The number of amides is 1. The molecule has 2 rings (SSSR count). The normalized spacial score (nSPS) is 17.8. The lowest BCUT2D eigenvalue weighted by atomic mass is 10.1. The highest BCUT2D eigenvalue weighted by Gasteiger charge is 2.18. The number of carbonyl (C=O) groups is 1. The molecule has 100 valence electrons. The molecule has 1 N–H and O–H groups in total. The van der Waals surface area contributed by atoms with Crippen molar-refractivity contribution in [2.45, 2.75) is 38.8 Å². The van der Waals surface area contributed by atoms with Gasteiger partial charge in [-0.3, -0.25) is 4.79 Å². The van der Waals surface area contributed by atoms with Gasteiger partial charge >= 0.3 is 0 Å². The molecule has 4 nitrogen and oxygen atoms in total. The van der Waals surface area contributed by atoms with Crippen molar-refractivity contribution in [1.82, 2.24) is 14.8 Å². The summed E-state index contributed by atoms with van der Waals surface area (Å²) in [6.45, 7) is 4.43. The first-order valence-electron chi connectivity index (χ1n) is 6.82. The van der Waals surface area contributed by atoms with Gasteiger partial charge in [0.2, 0.25) is 5.91 Å². The number of aromatic nitrogens is 1. The Morgan fingerprint density at radius 3 is 2.78 bits per heavy atom. The Morgan fingerprint density at radius 2 is 2.11 bits per heavy atom. The van der Waals surface area contributed by atoms with E-state index in [-0.39, 0.29) is 11.9 Å². The quantitative estimate of drug-likeness (QED) is 0.883. The number of nitrogens with one attached hydrogen (secondary N) is 1. The summed E-state index contributed by atoms with van der Waals surface area (Å²) in [7, 11) is 1.94. The van der Waals surface area contributed by atoms with E-state index in [9.17, 15) is 4.79 Å². The van der Waals surface area contributed by atoms with E-state index in [0.29, 0.717) is 6.54 Å². The van der Waals surface area contributed by atoms with Crippen LogP contribution in [-0.4, -0.2) is 35.5 Å². The molecule has 1 fully saturated rings. The molecule has 0 radical (unpaired) electrons. The van der Waals surface area contributed by atoms with Crippen LogP contribution in [0.15, 0.2) is 18.3 Å². The van der Waals surface area contributed by atoms with Gasteiger partial charge in [-0.25, -0.2) is 0 Å². The van der Waals surface area contributed by atoms with E-state index in [1.54, 1.807) is 0 Å². The van der Waals surface area contributed by atoms with Gasteiger partial charge in [-0.05, 0) is 45.4 Å². The van der Waals surface area contributed by atoms with Gasteiger partial charge in [0.1, 0.15) is 6.54 Å². The van der Waals surface area contributed by atoms with Crippen LogP contribution in [0.25, 0.3) is 0 Å². The number of hydrogen-bond acceptors (Lipinski definition) is 2. The van der Waals surface area contributed by atoms with Gasteiger partial charge in [-0.1, -0.05) is 0 Å². The van der Waals surface area contributed by atoms with Crippen molar-refractivity contribution in [3.8, 4) is 0 Å². The maximum absolute atomic E-state index is 12.2. The predicted molar refractivity (Wildman–Crippen MR) is 72.3 cm³/mol. The lowest BCUT2D eigenvalue weighted by Gasteiger charge is -2.27. The minimum Gasteiger partial charge on any atom is -0.341 e. The van der Waals surface area contributed by atoms with E-state index < -0.39 is 0 Å². The molecule has 0 spiro atoms. The predicted octanol–water partition coefficient (Wildman–Crippen LogP) is 1.78. The van der Waals surface area contributed by atoms with Gasteiger partial charge in [0, 0.05) is 31.0 Å². The van der Waals surface area contributed by atoms with Crippen LogP contribution in [0.3, 0.4) is 0 Å². The first kappa shape index (κ1) is 13.1. The molecule has 0 bridgehead atoms. The molecule has 18 heavy (non-hydrogen) atoms. The van der Waals surface area contributed by atoms with Gasteiger partial charge in [0.15, 0.2) is 0 Å². The zero-order chi connectivity index (χ0) is 13.0. The monoisotopic (exact) mass is 249 g/mol. The Bertz CT molecular complexity index is 393. The smallest absolute Gasteiger partial charge is 0.242 e. The second kappa shape index (κ2) is 6.05. The molecule has 0 aliphatic carbocycles. The summed E-state index contributed by atoms with van der Waals surface area (Å²) in [6.07, 6.45) is 5.55. The number of rotatable bonds is 4. The van der Waals surface area contributed by atoms with Crippen LogP contribution in [0.2, 0.25) is 0 Å². The van der Waals surface area contributed by atoms with Crippen molar-refractivity contribution in [3.63, 3.8) is 0 Å². The minimum absolute atomic E-state index is 0.246. The van der Waals surface area contributed by atoms with Gasteiger partial charge in [0.25, 0.3) is 0 Å². The van der Waals surface area contributed by atoms with Gasteiger partial charge in [-0.2, -0.15) is 0 Å². The lowest BCUT2D eigenvalue weighted by molar-refractivity contribution is -0.132. The summed E-state index contributed by atoms with van der Waals surface area (Å²) in [5.41, 5.74) is 1.17. The van der Waals surface area contributed by atoms with Crippen LogP contribution >= 0.6 is 0 Å². The highest BCUT2D eigenvalue weighted by Crippen LogP contribution is 2.14. The van der Waals surface area contributed by atoms with E-state index in [0.717, 1.165) is 25.9 Å². The second-order valence-corrected chi connectivity index (χ2v) is 5.01. The molecule has 0 saturated carbocycles. The first-order valence-corrected chi connectivity index (χ1v) is 6.82. The number of piperidine rings is 1. The Labute approximate surface area is 109 Å². The third-order valence-electron chi connectivity index (χ3n) is 3.76. The molecule has 4 heteroatoms. The molecule has 1 aromatic rings. The maximum Gasteiger partial charge on any atom is 0.242 e. The number of carbonyl (C=O) groups excluding carboxylic acids is 1. The summed E-state index contributed by atoms with van der Waals surface area (Å²) in [5.74, 6) is 0.246. The third kappa shape index (κ3) is 2.93. The minimum atomic E-state index is 0.246. The molecule has 1 atom stereocenters. The zero-order valence-electron chi connectivity index (χ0n) is 11.4. The van der Waals surface area contributed by atoms with Crippen LogP contribution in [-0.2, 0) is 11.3 Å². The fraction of sp³-hybridized carbons (Fsp3) is 0.643. The first-order chi connectivity index (χ1) is 8.72. The molecule has 1 aromatic heterocycles. The van der Waals surface area contributed by atoms with Crippen molar-refractivity contribution < 1.29 is 4.79 Å². The fourth-order valence-corrected chi connectivity index (χ4v) is 2.50.